The quantitative estimate of drug-likeness (QED) is 0.298. The summed E-state index contributed by atoms with van der Waals surface area (Å²) in [7, 11) is -3.09. The molecule has 2 N–H and O–H groups in total. The number of guanidine groups is 1. The number of hydrogen-bond acceptors (Lipinski definition) is 5. The summed E-state index contributed by atoms with van der Waals surface area (Å²) in [6.45, 7) is 8.23. The number of halogens is 1. The Bertz CT molecular complexity index is 630. The van der Waals surface area contributed by atoms with E-state index in [1.807, 2.05) is 13.8 Å². The molecule has 2 aliphatic rings. The van der Waals surface area contributed by atoms with Gasteiger partial charge in [-0.1, -0.05) is 0 Å². The summed E-state index contributed by atoms with van der Waals surface area (Å²) in [4.78, 5) is 18.3. The fourth-order valence-corrected chi connectivity index (χ4v) is 4.45. The molecule has 2 rings (SSSR count). The lowest BCUT2D eigenvalue weighted by Crippen LogP contribution is -2.50. The number of carbonyl (C=O) groups is 1. The first kappa shape index (κ1) is 26.2. The lowest BCUT2D eigenvalue weighted by atomic mass is 9.98. The second kappa shape index (κ2) is 12.8. The Hall–Kier alpha value is -0.820. The van der Waals surface area contributed by atoms with Crippen LogP contribution in [0.5, 0.6) is 0 Å². The van der Waals surface area contributed by atoms with Gasteiger partial charge in [0.05, 0.1) is 12.9 Å². The fourth-order valence-electron chi connectivity index (χ4n) is 3.58. The Morgan fingerprint density at radius 1 is 1.10 bits per heavy atom. The van der Waals surface area contributed by atoms with Crippen LogP contribution in [0.25, 0.3) is 0 Å². The minimum atomic E-state index is -3.09. The van der Waals surface area contributed by atoms with E-state index in [2.05, 4.69) is 10.6 Å². The monoisotopic (exact) mass is 545 g/mol. The molecule has 2 heterocycles. The van der Waals surface area contributed by atoms with Gasteiger partial charge < -0.3 is 20.3 Å². The number of likely N-dealkylation sites (tertiary alicyclic amines) is 1. The van der Waals surface area contributed by atoms with Gasteiger partial charge in [0.25, 0.3) is 0 Å². The SMILES string of the molecule is CCNC(=NCC1CCN(S(C)(=O)=O)CC1)NC1CCN(C(=O)OCC)CC1.I. The Morgan fingerprint density at radius 3 is 2.24 bits per heavy atom. The van der Waals surface area contributed by atoms with Crippen LogP contribution in [0.15, 0.2) is 4.99 Å². The van der Waals surface area contributed by atoms with Gasteiger partial charge in [0.2, 0.25) is 10.0 Å². The van der Waals surface area contributed by atoms with Crippen molar-refractivity contribution >= 4 is 46.1 Å². The molecule has 0 aromatic heterocycles. The van der Waals surface area contributed by atoms with E-state index in [0.717, 1.165) is 38.2 Å². The minimum absolute atomic E-state index is 0. The van der Waals surface area contributed by atoms with Crippen LogP contribution in [0.1, 0.15) is 39.5 Å². The second-order valence-corrected chi connectivity index (χ2v) is 9.41. The number of aliphatic imine (C=N–C) groups is 1. The normalized spacial score (nSPS) is 20.1. The number of rotatable bonds is 6. The Morgan fingerprint density at radius 2 is 1.72 bits per heavy atom. The summed E-state index contributed by atoms with van der Waals surface area (Å²) in [5.74, 6) is 1.20. The first-order valence-electron chi connectivity index (χ1n) is 10.2. The zero-order chi connectivity index (χ0) is 20.6. The molecule has 11 heteroatoms. The topological polar surface area (TPSA) is 103 Å². The van der Waals surface area contributed by atoms with E-state index in [9.17, 15) is 13.2 Å². The van der Waals surface area contributed by atoms with E-state index in [0.29, 0.717) is 45.2 Å². The number of sulfonamides is 1. The molecule has 1 amide bonds. The molecule has 2 saturated heterocycles. The maximum Gasteiger partial charge on any atom is 0.409 e. The number of hydrogen-bond donors (Lipinski definition) is 2. The minimum Gasteiger partial charge on any atom is -0.450 e. The lowest BCUT2D eigenvalue weighted by Gasteiger charge is -2.32. The molecule has 0 spiro atoms. The summed E-state index contributed by atoms with van der Waals surface area (Å²) in [5.41, 5.74) is 0. The van der Waals surface area contributed by atoms with Gasteiger partial charge in [-0.3, -0.25) is 4.99 Å². The third-order valence-corrected chi connectivity index (χ3v) is 6.56. The van der Waals surface area contributed by atoms with Gasteiger partial charge in [0, 0.05) is 45.3 Å². The second-order valence-electron chi connectivity index (χ2n) is 7.43. The van der Waals surface area contributed by atoms with Crippen LogP contribution in [0.3, 0.4) is 0 Å². The Balaban J connectivity index is 0.00000420. The number of nitrogens with one attached hydrogen (secondary N) is 2. The molecule has 2 aliphatic heterocycles. The van der Waals surface area contributed by atoms with Crippen molar-refractivity contribution in [2.75, 3.05) is 52.1 Å². The Kier molecular flexibility index (Phi) is 11.6. The van der Waals surface area contributed by atoms with Crippen LogP contribution in [-0.4, -0.2) is 87.8 Å². The van der Waals surface area contributed by atoms with Gasteiger partial charge >= 0.3 is 6.09 Å². The third kappa shape index (κ3) is 8.83. The molecule has 0 saturated carbocycles. The number of ether oxygens (including phenoxy) is 1. The molecule has 170 valence electrons. The molecule has 0 radical (unpaired) electrons. The largest absolute Gasteiger partial charge is 0.450 e. The van der Waals surface area contributed by atoms with E-state index in [1.54, 1.807) is 9.21 Å². The Labute approximate surface area is 192 Å². The van der Waals surface area contributed by atoms with E-state index in [4.69, 9.17) is 9.73 Å². The zero-order valence-corrected chi connectivity index (χ0v) is 20.9. The smallest absolute Gasteiger partial charge is 0.409 e. The highest BCUT2D eigenvalue weighted by molar-refractivity contribution is 14.0. The first-order valence-corrected chi connectivity index (χ1v) is 12.1. The van der Waals surface area contributed by atoms with Crippen LogP contribution in [0, 0.1) is 5.92 Å². The van der Waals surface area contributed by atoms with Gasteiger partial charge in [-0.05, 0) is 45.4 Å². The fraction of sp³-hybridized carbons (Fsp3) is 0.889. The molecule has 0 bridgehead atoms. The molecule has 2 fully saturated rings. The molecular weight excluding hydrogens is 509 g/mol. The lowest BCUT2D eigenvalue weighted by molar-refractivity contribution is 0.0963. The molecule has 9 nitrogen and oxygen atoms in total. The highest BCUT2D eigenvalue weighted by Gasteiger charge is 2.26. The van der Waals surface area contributed by atoms with Gasteiger partial charge in [-0.25, -0.2) is 17.5 Å². The highest BCUT2D eigenvalue weighted by Crippen LogP contribution is 2.19. The number of nitrogens with zero attached hydrogens (tertiary/aromatic N) is 3. The van der Waals surface area contributed by atoms with Crippen molar-refractivity contribution in [3.05, 3.63) is 0 Å². The van der Waals surface area contributed by atoms with E-state index >= 15 is 0 Å². The number of amides is 1. The van der Waals surface area contributed by atoms with Crippen molar-refractivity contribution in [3.63, 3.8) is 0 Å². The van der Waals surface area contributed by atoms with Crippen LogP contribution >= 0.6 is 24.0 Å². The van der Waals surface area contributed by atoms with Crippen LogP contribution < -0.4 is 10.6 Å². The summed E-state index contributed by atoms with van der Waals surface area (Å²) in [6, 6.07) is 0.274. The van der Waals surface area contributed by atoms with Gasteiger partial charge in [-0.15, -0.1) is 24.0 Å². The zero-order valence-electron chi connectivity index (χ0n) is 17.7. The average molecular weight is 545 g/mol. The predicted molar refractivity (Wildman–Crippen MR) is 125 cm³/mol. The first-order chi connectivity index (χ1) is 13.3. The van der Waals surface area contributed by atoms with E-state index < -0.39 is 10.0 Å². The summed E-state index contributed by atoms with van der Waals surface area (Å²) < 4.78 is 29.8. The van der Waals surface area contributed by atoms with Gasteiger partial charge in [0.1, 0.15) is 0 Å². The third-order valence-electron chi connectivity index (χ3n) is 5.26. The van der Waals surface area contributed by atoms with Crippen molar-refractivity contribution in [1.29, 1.82) is 0 Å². The van der Waals surface area contributed by atoms with Crippen molar-refractivity contribution in [1.82, 2.24) is 19.8 Å². The van der Waals surface area contributed by atoms with Crippen LogP contribution in [0.2, 0.25) is 0 Å². The molecule has 0 unspecified atom stereocenters. The van der Waals surface area contributed by atoms with E-state index in [-0.39, 0.29) is 36.1 Å². The predicted octanol–water partition coefficient (Wildman–Crippen LogP) is 1.45. The summed E-state index contributed by atoms with van der Waals surface area (Å²) >= 11 is 0. The van der Waals surface area contributed by atoms with Crippen molar-refractivity contribution in [2.45, 2.75) is 45.6 Å². The summed E-state index contributed by atoms with van der Waals surface area (Å²) in [5, 5.41) is 6.76. The van der Waals surface area contributed by atoms with Gasteiger partial charge in [0.15, 0.2) is 5.96 Å². The van der Waals surface area contributed by atoms with E-state index in [1.165, 1.54) is 6.26 Å². The summed E-state index contributed by atoms with van der Waals surface area (Å²) in [6.07, 6.45) is 4.43. The van der Waals surface area contributed by atoms with Crippen molar-refractivity contribution in [2.24, 2.45) is 10.9 Å². The maximum atomic E-state index is 11.8. The van der Waals surface area contributed by atoms with Crippen LogP contribution in [0.4, 0.5) is 4.79 Å². The molecular formula is C18H36IN5O4S. The van der Waals surface area contributed by atoms with Gasteiger partial charge in [-0.2, -0.15) is 0 Å². The van der Waals surface area contributed by atoms with Crippen molar-refractivity contribution in [3.8, 4) is 0 Å². The average Bonchev–Trinajstić information content (AvgIpc) is 2.66. The molecule has 0 aromatic rings. The van der Waals surface area contributed by atoms with Crippen molar-refractivity contribution < 1.29 is 17.9 Å². The standard InChI is InChI=1S/C18H35N5O4S.HI/c1-4-19-17(20-14-15-6-12-23(13-7-15)28(3,25)26)21-16-8-10-22(11-9-16)18(24)27-5-2;/h15-16H,4-14H2,1-3H3,(H2,19,20,21);1H. The number of carbonyl (C=O) groups excluding carboxylic acids is 1. The molecule has 0 aromatic carbocycles. The molecule has 0 atom stereocenters. The van der Waals surface area contributed by atoms with Crippen LogP contribution in [-0.2, 0) is 14.8 Å². The highest BCUT2D eigenvalue weighted by atomic mass is 127. The maximum absolute atomic E-state index is 11.8. The molecule has 0 aliphatic carbocycles. The number of piperidine rings is 2. The molecule has 29 heavy (non-hydrogen) atoms.